The number of hydrogen-bond acceptors (Lipinski definition) is 8. The van der Waals surface area contributed by atoms with Gasteiger partial charge in [-0.25, -0.2) is 0 Å². The fourth-order valence-corrected chi connectivity index (χ4v) is 7.72. The van der Waals surface area contributed by atoms with E-state index in [2.05, 4.69) is 32.9 Å². The average molecular weight is 599 g/mol. The van der Waals surface area contributed by atoms with Gasteiger partial charge in [-0.1, -0.05) is 55.9 Å². The highest BCUT2D eigenvalue weighted by Crippen LogP contribution is 2.48. The van der Waals surface area contributed by atoms with Crippen LogP contribution < -0.4 is 0 Å². The molecule has 0 aromatic carbocycles. The summed E-state index contributed by atoms with van der Waals surface area (Å²) in [5, 5.41) is 23.8. The van der Waals surface area contributed by atoms with Crippen molar-refractivity contribution in [2.75, 3.05) is 13.7 Å². The number of allylic oxidation sites excluding steroid dienone is 5. The van der Waals surface area contributed by atoms with Gasteiger partial charge in [0.2, 0.25) is 0 Å². The molecule has 0 amide bonds. The smallest absolute Gasteiger partial charge is 0.316 e. The molecule has 2 N–H and O–H groups in total. The zero-order valence-electron chi connectivity index (χ0n) is 26.7. The lowest BCUT2D eigenvalue weighted by Gasteiger charge is -2.52. The Morgan fingerprint density at radius 1 is 1.16 bits per heavy atom. The van der Waals surface area contributed by atoms with Crippen molar-refractivity contribution in [2.24, 2.45) is 17.8 Å². The number of fused-ring (bicyclic) bond motifs is 2. The fraction of sp³-hybridized carbons (Fsp3) is 0.686. The molecular weight excluding hydrogens is 548 g/mol. The average Bonchev–Trinajstić information content (AvgIpc) is 3.29. The van der Waals surface area contributed by atoms with Crippen LogP contribution in [0.1, 0.15) is 73.6 Å². The van der Waals surface area contributed by atoms with E-state index in [1.165, 1.54) is 5.57 Å². The van der Waals surface area contributed by atoms with Gasteiger partial charge in [-0.3, -0.25) is 4.79 Å². The van der Waals surface area contributed by atoms with Crippen molar-refractivity contribution in [2.45, 2.75) is 122 Å². The third-order valence-electron chi connectivity index (χ3n) is 10.1. The van der Waals surface area contributed by atoms with E-state index in [0.29, 0.717) is 24.8 Å². The van der Waals surface area contributed by atoms with E-state index < -0.39 is 47.7 Å². The molecular formula is C35H50O8. The summed E-state index contributed by atoms with van der Waals surface area (Å²) in [5.41, 5.74) is 2.12. The molecule has 0 unspecified atom stereocenters. The van der Waals surface area contributed by atoms with Gasteiger partial charge in [-0.05, 0) is 75.5 Å². The molecule has 11 atom stereocenters. The Hall–Kier alpha value is -2.07. The first kappa shape index (κ1) is 32.3. The molecule has 0 aromatic heterocycles. The molecule has 4 heterocycles. The number of aliphatic hydroxyl groups is 2. The molecule has 8 heteroatoms. The van der Waals surface area contributed by atoms with E-state index in [9.17, 15) is 15.0 Å². The summed E-state index contributed by atoms with van der Waals surface area (Å²) in [6.07, 6.45) is 11.4. The third-order valence-corrected chi connectivity index (χ3v) is 10.1. The Labute approximate surface area is 256 Å². The fourth-order valence-electron chi connectivity index (χ4n) is 7.72. The van der Waals surface area contributed by atoms with Crippen LogP contribution in [0.25, 0.3) is 0 Å². The molecule has 2 bridgehead atoms. The Bertz CT molecular complexity index is 1210. The van der Waals surface area contributed by atoms with Gasteiger partial charge in [-0.15, -0.1) is 0 Å². The molecule has 0 aromatic rings. The zero-order chi connectivity index (χ0) is 31.1. The van der Waals surface area contributed by atoms with Gasteiger partial charge >= 0.3 is 5.97 Å². The molecule has 0 saturated carbocycles. The molecule has 4 aliphatic heterocycles. The van der Waals surface area contributed by atoms with Crippen molar-refractivity contribution in [3.05, 3.63) is 58.7 Å². The second-order valence-corrected chi connectivity index (χ2v) is 13.5. The van der Waals surface area contributed by atoms with Crippen molar-refractivity contribution in [3.8, 4) is 0 Å². The number of esters is 1. The van der Waals surface area contributed by atoms with Crippen LogP contribution in [0.3, 0.4) is 0 Å². The standard InChI is InChI=1S/C35H50O8/c1-8-22(4)30-24(6)16-29(36)34(43-30)18-27-17-26(42-34)13-12-21(3)14-20(2)10-9-11-25-19-40-32-31(39-7)23(5)15-28(33(37)41-27)35(25,32)38/h8-12,15,20,24,26-32,36,38H,13-14,16-19H2,1-7H3/b10-9-,21-12-,22-8+,25-11-/t20-,24+,26+,27+,28-,29+,30-,31+,32+,34+,35-/m1/s1. The van der Waals surface area contributed by atoms with Crippen molar-refractivity contribution in [1.29, 1.82) is 0 Å². The number of hydrogen-bond donors (Lipinski definition) is 2. The van der Waals surface area contributed by atoms with E-state index in [1.807, 2.05) is 39.0 Å². The Morgan fingerprint density at radius 3 is 2.65 bits per heavy atom. The van der Waals surface area contributed by atoms with Crippen molar-refractivity contribution in [1.82, 2.24) is 0 Å². The SMILES string of the molecule is C/C=C(\C)[C@H]1O[C@@]2(C[C@@H]3C[C@H](C/C=C(/C)C[C@H](C)/C=C\C=C4\CO[C@H]5[C@@H](OC)C(C)=C[C@H](C(=O)O3)[C@]45O)O2)[C@@H](O)C[C@@H]1C. The van der Waals surface area contributed by atoms with E-state index in [-0.39, 0.29) is 37.1 Å². The van der Waals surface area contributed by atoms with Crippen LogP contribution in [-0.2, 0) is 28.5 Å². The van der Waals surface area contributed by atoms with Gasteiger partial charge in [0, 0.05) is 20.0 Å². The van der Waals surface area contributed by atoms with E-state index in [0.717, 1.165) is 17.6 Å². The summed E-state index contributed by atoms with van der Waals surface area (Å²) < 4.78 is 31.4. The Kier molecular flexibility index (Phi) is 9.58. The van der Waals surface area contributed by atoms with Crippen molar-refractivity contribution < 1.29 is 38.7 Å². The van der Waals surface area contributed by atoms with Gasteiger partial charge in [0.1, 0.15) is 35.9 Å². The maximum atomic E-state index is 14.1. The van der Waals surface area contributed by atoms with E-state index in [4.69, 9.17) is 23.7 Å². The highest BCUT2D eigenvalue weighted by molar-refractivity contribution is 5.78. The normalized spacial score (nSPS) is 47.5. The van der Waals surface area contributed by atoms with Crippen molar-refractivity contribution in [3.63, 3.8) is 0 Å². The minimum Gasteiger partial charge on any atom is -0.462 e. The van der Waals surface area contributed by atoms with Crippen LogP contribution >= 0.6 is 0 Å². The van der Waals surface area contributed by atoms with Crippen LogP contribution in [0, 0.1) is 17.8 Å². The molecule has 3 saturated heterocycles. The molecule has 5 aliphatic rings. The largest absolute Gasteiger partial charge is 0.462 e. The van der Waals surface area contributed by atoms with Crippen LogP contribution in [0.2, 0.25) is 0 Å². The first-order chi connectivity index (χ1) is 20.4. The van der Waals surface area contributed by atoms with Crippen LogP contribution in [0.15, 0.2) is 58.7 Å². The van der Waals surface area contributed by atoms with Gasteiger partial charge in [0.15, 0.2) is 5.79 Å². The Balaban J connectivity index is 1.54. The molecule has 1 aliphatic carbocycles. The van der Waals surface area contributed by atoms with Crippen LogP contribution in [0.4, 0.5) is 0 Å². The molecule has 238 valence electrons. The summed E-state index contributed by atoms with van der Waals surface area (Å²) in [5.74, 6) is -2.46. The summed E-state index contributed by atoms with van der Waals surface area (Å²) in [7, 11) is 1.59. The summed E-state index contributed by atoms with van der Waals surface area (Å²) in [4.78, 5) is 14.1. The summed E-state index contributed by atoms with van der Waals surface area (Å²) >= 11 is 0. The van der Waals surface area contributed by atoms with Gasteiger partial charge in [-0.2, -0.15) is 0 Å². The second-order valence-electron chi connectivity index (χ2n) is 13.5. The molecule has 1 spiro atoms. The summed E-state index contributed by atoms with van der Waals surface area (Å²) in [6, 6.07) is 0. The second kappa shape index (κ2) is 12.7. The predicted molar refractivity (Wildman–Crippen MR) is 163 cm³/mol. The number of methoxy groups -OCH3 is 1. The van der Waals surface area contributed by atoms with Crippen LogP contribution in [0.5, 0.6) is 0 Å². The van der Waals surface area contributed by atoms with Gasteiger partial charge in [0.25, 0.3) is 0 Å². The number of carbonyl (C=O) groups excluding carboxylic acids is 1. The highest BCUT2D eigenvalue weighted by atomic mass is 16.7. The molecule has 3 fully saturated rings. The Morgan fingerprint density at radius 2 is 1.93 bits per heavy atom. The lowest BCUT2D eigenvalue weighted by Crippen LogP contribution is -2.62. The first-order valence-corrected chi connectivity index (χ1v) is 15.9. The molecule has 5 rings (SSSR count). The summed E-state index contributed by atoms with van der Waals surface area (Å²) in [6.45, 7) is 12.4. The monoisotopic (exact) mass is 598 g/mol. The third kappa shape index (κ3) is 6.11. The first-order valence-electron chi connectivity index (χ1n) is 15.9. The predicted octanol–water partition coefficient (Wildman–Crippen LogP) is 5.11. The van der Waals surface area contributed by atoms with Crippen LogP contribution in [-0.4, -0.2) is 77.9 Å². The number of rotatable bonds is 2. The van der Waals surface area contributed by atoms with Gasteiger partial charge < -0.3 is 33.9 Å². The number of aliphatic hydroxyl groups excluding tert-OH is 1. The number of carbonyl (C=O) groups is 1. The highest BCUT2D eigenvalue weighted by Gasteiger charge is 2.61. The molecule has 0 radical (unpaired) electrons. The number of ether oxygens (including phenoxy) is 5. The lowest BCUT2D eigenvalue weighted by atomic mass is 9.70. The minimum atomic E-state index is -1.62. The lowest BCUT2D eigenvalue weighted by molar-refractivity contribution is -0.363. The zero-order valence-corrected chi connectivity index (χ0v) is 26.7. The van der Waals surface area contributed by atoms with Crippen molar-refractivity contribution >= 4 is 5.97 Å². The maximum Gasteiger partial charge on any atom is 0.316 e. The molecule has 43 heavy (non-hydrogen) atoms. The minimum absolute atomic E-state index is 0.104. The quantitative estimate of drug-likeness (QED) is 0.334. The van der Waals surface area contributed by atoms with E-state index in [1.54, 1.807) is 13.2 Å². The maximum absolute atomic E-state index is 14.1. The van der Waals surface area contributed by atoms with E-state index >= 15 is 0 Å². The van der Waals surface area contributed by atoms with Gasteiger partial charge in [0.05, 0.1) is 18.8 Å². The molecule has 8 nitrogen and oxygen atoms in total. The topological polar surface area (TPSA) is 104 Å².